The summed E-state index contributed by atoms with van der Waals surface area (Å²) in [5.41, 5.74) is 2.26. The molecule has 0 spiro atoms. The second-order valence-electron chi connectivity index (χ2n) is 3.32. The topological polar surface area (TPSA) is 38.0 Å². The zero-order chi connectivity index (χ0) is 9.84. The van der Waals surface area contributed by atoms with Gasteiger partial charge in [0, 0.05) is 18.7 Å². The second kappa shape index (κ2) is 4.42. The summed E-state index contributed by atoms with van der Waals surface area (Å²) < 4.78 is 2.11. The first kappa shape index (κ1) is 10.3. The van der Waals surface area contributed by atoms with Gasteiger partial charge in [-0.1, -0.05) is 6.92 Å². The fourth-order valence-electron chi connectivity index (χ4n) is 1.53. The minimum Gasteiger partial charge on any atom is -0.395 e. The van der Waals surface area contributed by atoms with Crippen molar-refractivity contribution in [2.75, 3.05) is 6.61 Å². The van der Waals surface area contributed by atoms with Crippen LogP contribution >= 0.6 is 0 Å². The molecule has 13 heavy (non-hydrogen) atoms. The van der Waals surface area contributed by atoms with Gasteiger partial charge in [-0.15, -0.1) is 0 Å². The molecule has 1 aromatic heterocycles. The molecule has 0 radical (unpaired) electrons. The van der Waals surface area contributed by atoms with Crippen LogP contribution in [0.3, 0.4) is 0 Å². The van der Waals surface area contributed by atoms with Gasteiger partial charge in [-0.2, -0.15) is 0 Å². The third kappa shape index (κ3) is 2.10. The quantitative estimate of drug-likeness (QED) is 0.765. The highest BCUT2D eigenvalue weighted by Gasteiger charge is 2.08. The zero-order valence-corrected chi connectivity index (χ0v) is 8.67. The maximum absolute atomic E-state index is 8.90. The largest absolute Gasteiger partial charge is 0.395 e. The molecule has 1 aromatic rings. The van der Waals surface area contributed by atoms with Gasteiger partial charge in [-0.05, 0) is 20.3 Å². The molecule has 0 amide bonds. The smallest absolute Gasteiger partial charge is 0.109 e. The van der Waals surface area contributed by atoms with Crippen molar-refractivity contribution in [2.45, 2.75) is 40.2 Å². The lowest BCUT2D eigenvalue weighted by atomic mass is 10.3. The van der Waals surface area contributed by atoms with Gasteiger partial charge in [-0.3, -0.25) is 0 Å². The van der Waals surface area contributed by atoms with Crippen molar-refractivity contribution in [1.29, 1.82) is 0 Å². The van der Waals surface area contributed by atoms with E-state index in [1.165, 1.54) is 5.69 Å². The third-order valence-electron chi connectivity index (χ3n) is 2.33. The first-order valence-corrected chi connectivity index (χ1v) is 4.84. The molecule has 1 rings (SSSR count). The van der Waals surface area contributed by atoms with E-state index in [1.54, 1.807) is 0 Å². The van der Waals surface area contributed by atoms with Gasteiger partial charge in [0.2, 0.25) is 0 Å². The Morgan fingerprint density at radius 3 is 2.62 bits per heavy atom. The van der Waals surface area contributed by atoms with Crippen molar-refractivity contribution in [1.82, 2.24) is 9.55 Å². The molecule has 1 N–H and O–H groups in total. The monoisotopic (exact) mass is 182 g/mol. The number of rotatable bonds is 4. The zero-order valence-electron chi connectivity index (χ0n) is 8.67. The van der Waals surface area contributed by atoms with Crippen LogP contribution < -0.4 is 0 Å². The number of aliphatic hydroxyl groups excluding tert-OH is 1. The number of imidazole rings is 1. The van der Waals surface area contributed by atoms with Crippen molar-refractivity contribution in [3.05, 3.63) is 17.2 Å². The SMILES string of the molecule is CCCc1nc(C)c(C)n1CCO. The number of aliphatic hydroxyl groups is 1. The van der Waals surface area contributed by atoms with E-state index in [0.717, 1.165) is 24.4 Å². The standard InChI is InChI=1S/C10H18N2O/c1-4-5-10-11-8(2)9(3)12(10)6-7-13/h13H,4-7H2,1-3H3. The van der Waals surface area contributed by atoms with E-state index >= 15 is 0 Å². The van der Waals surface area contributed by atoms with Gasteiger partial charge in [0.15, 0.2) is 0 Å². The molecule has 0 unspecified atom stereocenters. The van der Waals surface area contributed by atoms with Crippen molar-refractivity contribution in [3.8, 4) is 0 Å². The Morgan fingerprint density at radius 1 is 1.38 bits per heavy atom. The van der Waals surface area contributed by atoms with Gasteiger partial charge < -0.3 is 9.67 Å². The Labute approximate surface area is 79.4 Å². The van der Waals surface area contributed by atoms with Crippen LogP contribution in [-0.4, -0.2) is 21.3 Å². The van der Waals surface area contributed by atoms with E-state index in [-0.39, 0.29) is 6.61 Å². The average Bonchev–Trinajstić information content (AvgIpc) is 2.34. The molecule has 3 nitrogen and oxygen atoms in total. The van der Waals surface area contributed by atoms with Crippen molar-refractivity contribution in [2.24, 2.45) is 0 Å². The molecular weight excluding hydrogens is 164 g/mol. The predicted octanol–water partition coefficient (Wildman–Crippen LogP) is 1.44. The van der Waals surface area contributed by atoms with Gasteiger partial charge in [-0.25, -0.2) is 4.98 Å². The van der Waals surface area contributed by atoms with Crippen LogP contribution in [0.1, 0.15) is 30.6 Å². The molecule has 3 heteroatoms. The highest BCUT2D eigenvalue weighted by molar-refractivity contribution is 5.14. The summed E-state index contributed by atoms with van der Waals surface area (Å²) >= 11 is 0. The van der Waals surface area contributed by atoms with Gasteiger partial charge in [0.05, 0.1) is 12.3 Å². The van der Waals surface area contributed by atoms with Gasteiger partial charge in [0.1, 0.15) is 5.82 Å². The Balaban J connectivity index is 2.96. The van der Waals surface area contributed by atoms with E-state index in [0.29, 0.717) is 6.54 Å². The van der Waals surface area contributed by atoms with Gasteiger partial charge in [0.25, 0.3) is 0 Å². The van der Waals surface area contributed by atoms with E-state index in [4.69, 9.17) is 5.11 Å². The second-order valence-corrected chi connectivity index (χ2v) is 3.32. The van der Waals surface area contributed by atoms with Crippen LogP contribution in [0, 0.1) is 13.8 Å². The Hall–Kier alpha value is -0.830. The first-order chi connectivity index (χ1) is 6.20. The number of nitrogens with zero attached hydrogens (tertiary/aromatic N) is 2. The summed E-state index contributed by atoms with van der Waals surface area (Å²) in [4.78, 5) is 4.47. The Morgan fingerprint density at radius 2 is 2.08 bits per heavy atom. The minimum absolute atomic E-state index is 0.188. The van der Waals surface area contributed by atoms with Crippen LogP contribution in [0.25, 0.3) is 0 Å². The lowest BCUT2D eigenvalue weighted by Crippen LogP contribution is -2.08. The minimum atomic E-state index is 0.188. The lowest BCUT2D eigenvalue weighted by molar-refractivity contribution is 0.273. The summed E-state index contributed by atoms with van der Waals surface area (Å²) in [6.45, 7) is 7.07. The molecule has 1 heterocycles. The van der Waals surface area contributed by atoms with E-state index < -0.39 is 0 Å². The van der Waals surface area contributed by atoms with Crippen molar-refractivity contribution < 1.29 is 5.11 Å². The van der Waals surface area contributed by atoms with Crippen LogP contribution in [0.15, 0.2) is 0 Å². The van der Waals surface area contributed by atoms with E-state index in [2.05, 4.69) is 23.4 Å². The van der Waals surface area contributed by atoms with Crippen molar-refractivity contribution in [3.63, 3.8) is 0 Å². The van der Waals surface area contributed by atoms with Gasteiger partial charge >= 0.3 is 0 Å². The predicted molar refractivity (Wildman–Crippen MR) is 52.8 cm³/mol. The van der Waals surface area contributed by atoms with Crippen LogP contribution in [-0.2, 0) is 13.0 Å². The highest BCUT2D eigenvalue weighted by Crippen LogP contribution is 2.11. The Kier molecular flexibility index (Phi) is 3.48. The number of aryl methyl sites for hydroxylation is 2. The maximum atomic E-state index is 8.90. The molecule has 0 saturated heterocycles. The van der Waals surface area contributed by atoms with E-state index in [9.17, 15) is 0 Å². The third-order valence-corrected chi connectivity index (χ3v) is 2.33. The number of hydrogen-bond donors (Lipinski definition) is 1. The molecule has 0 aliphatic rings. The molecule has 74 valence electrons. The molecule has 0 aromatic carbocycles. The average molecular weight is 182 g/mol. The molecule has 0 bridgehead atoms. The molecule has 0 fully saturated rings. The molecule has 0 aliphatic carbocycles. The molecular formula is C10H18N2O. The fraction of sp³-hybridized carbons (Fsp3) is 0.700. The molecule has 0 aliphatic heterocycles. The van der Waals surface area contributed by atoms with Crippen LogP contribution in [0.5, 0.6) is 0 Å². The summed E-state index contributed by atoms with van der Waals surface area (Å²) in [6.07, 6.45) is 2.09. The number of hydrogen-bond acceptors (Lipinski definition) is 2. The first-order valence-electron chi connectivity index (χ1n) is 4.84. The summed E-state index contributed by atoms with van der Waals surface area (Å²) in [7, 11) is 0. The summed E-state index contributed by atoms with van der Waals surface area (Å²) in [5.74, 6) is 1.10. The normalized spacial score (nSPS) is 10.8. The molecule has 0 atom stereocenters. The maximum Gasteiger partial charge on any atom is 0.109 e. The molecule has 0 saturated carbocycles. The Bertz CT molecular complexity index is 279. The van der Waals surface area contributed by atoms with Crippen molar-refractivity contribution >= 4 is 0 Å². The van der Waals surface area contributed by atoms with Crippen LogP contribution in [0.4, 0.5) is 0 Å². The van der Waals surface area contributed by atoms with Crippen LogP contribution in [0.2, 0.25) is 0 Å². The lowest BCUT2D eigenvalue weighted by Gasteiger charge is -2.06. The van der Waals surface area contributed by atoms with E-state index in [1.807, 2.05) is 6.92 Å². The fourth-order valence-corrected chi connectivity index (χ4v) is 1.53. The summed E-state index contributed by atoms with van der Waals surface area (Å²) in [5, 5.41) is 8.90. The highest BCUT2D eigenvalue weighted by atomic mass is 16.3. The number of aromatic nitrogens is 2. The summed E-state index contributed by atoms with van der Waals surface area (Å²) in [6, 6.07) is 0.